The Kier molecular flexibility index (Phi) is 5.25. The van der Waals surface area contributed by atoms with Gasteiger partial charge in [0.05, 0.1) is 5.75 Å². The number of carbonyl (C=O) groups excluding carboxylic acids is 1. The van der Waals surface area contributed by atoms with Crippen LogP contribution in [0.5, 0.6) is 0 Å². The summed E-state index contributed by atoms with van der Waals surface area (Å²) in [6, 6.07) is 7.51. The minimum absolute atomic E-state index is 0.165. The molecule has 0 saturated carbocycles. The first kappa shape index (κ1) is 17.3. The second kappa shape index (κ2) is 6.99. The Bertz CT molecular complexity index is 674. The molecule has 0 aliphatic carbocycles. The molecular weight excluding hydrogens is 320 g/mol. The van der Waals surface area contributed by atoms with Gasteiger partial charge < -0.3 is 5.11 Å². The van der Waals surface area contributed by atoms with E-state index in [1.54, 1.807) is 30.3 Å². The average molecular weight is 340 g/mol. The van der Waals surface area contributed by atoms with E-state index < -0.39 is 28.1 Å². The summed E-state index contributed by atoms with van der Waals surface area (Å²) in [4.78, 5) is 24.5. The normalized spacial score (nSPS) is 21.7. The summed E-state index contributed by atoms with van der Waals surface area (Å²) < 4.78 is 26.2. The zero-order chi connectivity index (χ0) is 17.0. The number of rotatable bonds is 4. The van der Waals surface area contributed by atoms with E-state index in [1.807, 2.05) is 11.6 Å². The predicted octanol–water partition coefficient (Wildman–Crippen LogP) is 1.41. The lowest BCUT2D eigenvalue weighted by Gasteiger charge is -2.35. The van der Waals surface area contributed by atoms with E-state index in [2.05, 4.69) is 0 Å². The van der Waals surface area contributed by atoms with E-state index in [-0.39, 0.29) is 18.2 Å². The summed E-state index contributed by atoms with van der Waals surface area (Å²) in [5, 5.41) is 9.17. The van der Waals surface area contributed by atoms with Gasteiger partial charge in [0.2, 0.25) is 10.0 Å². The van der Waals surface area contributed by atoms with Crippen LogP contribution >= 0.6 is 0 Å². The zero-order valence-electron chi connectivity index (χ0n) is 12.8. The molecule has 1 saturated heterocycles. The van der Waals surface area contributed by atoms with Crippen molar-refractivity contribution in [3.05, 3.63) is 35.9 Å². The fourth-order valence-electron chi connectivity index (χ4n) is 2.67. The number of hydrogen-bond acceptors (Lipinski definition) is 4. The fourth-order valence-corrected chi connectivity index (χ4v) is 3.82. The van der Waals surface area contributed by atoms with Gasteiger partial charge in [-0.3, -0.25) is 14.4 Å². The van der Waals surface area contributed by atoms with Gasteiger partial charge in [-0.1, -0.05) is 37.3 Å². The van der Waals surface area contributed by atoms with Crippen LogP contribution in [0.4, 0.5) is 4.79 Å². The predicted molar refractivity (Wildman–Crippen MR) is 84.1 cm³/mol. The number of carbonyl (C=O) groups is 2. The molecule has 2 N–H and O–H groups in total. The highest BCUT2D eigenvalue weighted by Crippen LogP contribution is 2.23. The highest BCUT2D eigenvalue weighted by molar-refractivity contribution is 7.89. The third kappa shape index (κ3) is 4.69. The molecule has 0 bridgehead atoms. The maximum Gasteiger partial charge on any atom is 0.407 e. The third-order valence-corrected chi connectivity index (χ3v) is 5.09. The van der Waals surface area contributed by atoms with Crippen LogP contribution < -0.4 is 4.72 Å². The lowest BCUT2D eigenvalue weighted by Crippen LogP contribution is -2.54. The van der Waals surface area contributed by atoms with E-state index in [0.29, 0.717) is 18.4 Å². The van der Waals surface area contributed by atoms with Crippen molar-refractivity contribution in [3.8, 4) is 0 Å². The van der Waals surface area contributed by atoms with Gasteiger partial charge in [-0.25, -0.2) is 13.2 Å². The van der Waals surface area contributed by atoms with Crippen molar-refractivity contribution in [2.24, 2.45) is 5.92 Å². The van der Waals surface area contributed by atoms with Crippen LogP contribution in [0, 0.1) is 5.92 Å². The Morgan fingerprint density at radius 2 is 1.96 bits per heavy atom. The number of piperidine rings is 1. The zero-order valence-corrected chi connectivity index (χ0v) is 13.6. The monoisotopic (exact) mass is 340 g/mol. The third-order valence-electron chi connectivity index (χ3n) is 3.87. The summed E-state index contributed by atoms with van der Waals surface area (Å²) in [5.41, 5.74) is 0.555. The number of hydrogen-bond donors (Lipinski definition) is 2. The topological polar surface area (TPSA) is 104 Å². The van der Waals surface area contributed by atoms with Gasteiger partial charge in [0, 0.05) is 6.54 Å². The van der Waals surface area contributed by atoms with Crippen molar-refractivity contribution in [1.29, 1.82) is 0 Å². The fraction of sp³-hybridized carbons (Fsp3) is 0.467. The minimum Gasteiger partial charge on any atom is -0.465 e. The van der Waals surface area contributed by atoms with Crippen LogP contribution in [-0.2, 0) is 20.6 Å². The van der Waals surface area contributed by atoms with Gasteiger partial charge in [0.15, 0.2) is 0 Å². The van der Waals surface area contributed by atoms with Crippen molar-refractivity contribution in [2.45, 2.75) is 31.6 Å². The molecule has 2 atom stereocenters. The van der Waals surface area contributed by atoms with E-state index in [9.17, 15) is 23.1 Å². The molecule has 1 fully saturated rings. The first-order valence-electron chi connectivity index (χ1n) is 7.36. The van der Waals surface area contributed by atoms with Gasteiger partial charge in [-0.15, -0.1) is 0 Å². The molecule has 8 heteroatoms. The van der Waals surface area contributed by atoms with Gasteiger partial charge in [0.1, 0.15) is 6.04 Å². The van der Waals surface area contributed by atoms with Crippen molar-refractivity contribution in [2.75, 3.05) is 6.54 Å². The van der Waals surface area contributed by atoms with Gasteiger partial charge in [-0.2, -0.15) is 0 Å². The second-order valence-corrected chi connectivity index (χ2v) is 7.55. The smallest absolute Gasteiger partial charge is 0.407 e. The standard InChI is InChI=1S/C15H20N2O5S/c1-11-7-8-17(15(19)20)13(9-11)14(18)16-23(21,22)10-12-5-3-2-4-6-12/h2-6,11,13H,7-10H2,1H3,(H,16,18)(H,19,20)/t11-,13-/m1/s1. The van der Waals surface area contributed by atoms with Gasteiger partial charge in [-0.05, 0) is 24.3 Å². The Hall–Kier alpha value is -2.09. The number of amides is 2. The molecule has 7 nitrogen and oxygen atoms in total. The number of nitrogens with zero attached hydrogens (tertiary/aromatic N) is 1. The van der Waals surface area contributed by atoms with Crippen LogP contribution in [0.3, 0.4) is 0 Å². The summed E-state index contributed by atoms with van der Waals surface area (Å²) in [7, 11) is -3.87. The lowest BCUT2D eigenvalue weighted by atomic mass is 9.92. The second-order valence-electron chi connectivity index (χ2n) is 5.83. The van der Waals surface area contributed by atoms with Crippen molar-refractivity contribution < 1.29 is 23.1 Å². The van der Waals surface area contributed by atoms with Crippen LogP contribution in [0.2, 0.25) is 0 Å². The molecule has 23 heavy (non-hydrogen) atoms. The molecule has 0 radical (unpaired) electrons. The average Bonchev–Trinajstić information content (AvgIpc) is 2.46. The van der Waals surface area contributed by atoms with Crippen LogP contribution in [0.15, 0.2) is 30.3 Å². The molecule has 0 aromatic heterocycles. The van der Waals surface area contributed by atoms with Crippen molar-refractivity contribution >= 4 is 22.0 Å². The molecular formula is C15H20N2O5S. The highest BCUT2D eigenvalue weighted by Gasteiger charge is 2.36. The van der Waals surface area contributed by atoms with Crippen LogP contribution in [0.1, 0.15) is 25.3 Å². The summed E-state index contributed by atoms with van der Waals surface area (Å²) in [6.45, 7) is 2.14. The Labute approximate surface area is 135 Å². The maximum atomic E-state index is 12.3. The van der Waals surface area contributed by atoms with Gasteiger partial charge in [0.25, 0.3) is 5.91 Å². The summed E-state index contributed by atoms with van der Waals surface area (Å²) in [5.74, 6) is -0.942. The number of carboxylic acid groups (broad SMARTS) is 1. The van der Waals surface area contributed by atoms with Crippen LogP contribution in [0.25, 0.3) is 0 Å². The Balaban J connectivity index is 2.08. The van der Waals surface area contributed by atoms with Crippen molar-refractivity contribution in [3.63, 3.8) is 0 Å². The van der Waals surface area contributed by atoms with E-state index in [0.717, 1.165) is 4.90 Å². The Morgan fingerprint density at radius 3 is 2.57 bits per heavy atom. The molecule has 2 rings (SSSR count). The van der Waals surface area contributed by atoms with E-state index >= 15 is 0 Å². The molecule has 1 aliphatic heterocycles. The molecule has 1 heterocycles. The van der Waals surface area contributed by atoms with E-state index in [4.69, 9.17) is 0 Å². The molecule has 126 valence electrons. The Morgan fingerprint density at radius 1 is 1.30 bits per heavy atom. The lowest BCUT2D eigenvalue weighted by molar-refractivity contribution is -0.125. The largest absolute Gasteiger partial charge is 0.465 e. The van der Waals surface area contributed by atoms with Crippen molar-refractivity contribution in [1.82, 2.24) is 9.62 Å². The molecule has 1 aromatic carbocycles. The van der Waals surface area contributed by atoms with Crippen LogP contribution in [-0.4, -0.2) is 43.0 Å². The molecule has 1 aliphatic rings. The summed E-state index contributed by atoms with van der Waals surface area (Å²) in [6.07, 6.45) is -0.233. The number of benzene rings is 1. The van der Waals surface area contributed by atoms with E-state index in [1.165, 1.54) is 0 Å². The highest BCUT2D eigenvalue weighted by atomic mass is 32.2. The maximum absolute atomic E-state index is 12.3. The number of sulfonamides is 1. The molecule has 0 unspecified atom stereocenters. The SMILES string of the molecule is C[C@@H]1CCN(C(=O)O)[C@@H](C(=O)NS(=O)(=O)Cc2ccccc2)C1. The molecule has 0 spiro atoms. The molecule has 1 aromatic rings. The summed E-state index contributed by atoms with van der Waals surface area (Å²) >= 11 is 0. The number of nitrogens with one attached hydrogen (secondary N) is 1. The molecule has 2 amide bonds. The quantitative estimate of drug-likeness (QED) is 0.862. The minimum atomic E-state index is -3.87. The number of likely N-dealkylation sites (tertiary alicyclic amines) is 1. The van der Waals surface area contributed by atoms with Gasteiger partial charge >= 0.3 is 6.09 Å². The first-order valence-corrected chi connectivity index (χ1v) is 9.01. The first-order chi connectivity index (χ1) is 10.8.